The highest BCUT2D eigenvalue weighted by molar-refractivity contribution is 7.91. The monoisotopic (exact) mass is 218 g/mol. The van der Waals surface area contributed by atoms with Gasteiger partial charge in [0, 0.05) is 19.1 Å². The van der Waals surface area contributed by atoms with Crippen LogP contribution in [0.3, 0.4) is 0 Å². The molecule has 0 aromatic carbocycles. The minimum Gasteiger partial charge on any atom is -0.339 e. The van der Waals surface area contributed by atoms with Crippen molar-refractivity contribution in [1.82, 2.24) is 4.90 Å². The van der Waals surface area contributed by atoms with Crippen molar-refractivity contribution >= 4 is 15.7 Å². The van der Waals surface area contributed by atoms with Crippen molar-refractivity contribution in [2.24, 2.45) is 11.7 Å². The molecule has 2 heterocycles. The molecule has 2 aliphatic rings. The quantitative estimate of drug-likeness (QED) is 0.586. The van der Waals surface area contributed by atoms with Crippen LogP contribution in [0.1, 0.15) is 6.42 Å². The van der Waals surface area contributed by atoms with Gasteiger partial charge < -0.3 is 10.6 Å². The second kappa shape index (κ2) is 3.20. The molecule has 0 radical (unpaired) electrons. The van der Waals surface area contributed by atoms with Crippen LogP contribution < -0.4 is 5.73 Å². The Morgan fingerprint density at radius 2 is 2.00 bits per heavy atom. The Balaban J connectivity index is 1.94. The zero-order valence-corrected chi connectivity index (χ0v) is 8.66. The van der Waals surface area contributed by atoms with E-state index in [0.717, 1.165) is 0 Å². The van der Waals surface area contributed by atoms with Gasteiger partial charge in [-0.3, -0.25) is 4.79 Å². The second-order valence-electron chi connectivity index (χ2n) is 4.10. The topological polar surface area (TPSA) is 80.5 Å². The van der Waals surface area contributed by atoms with E-state index in [0.29, 0.717) is 19.5 Å². The minimum atomic E-state index is -2.95. The third-order valence-corrected chi connectivity index (χ3v) is 4.57. The van der Waals surface area contributed by atoms with Crippen LogP contribution in [-0.4, -0.2) is 49.9 Å². The highest BCUT2D eigenvalue weighted by atomic mass is 32.2. The number of carbonyl (C=O) groups excluding carboxylic acids is 1. The zero-order valence-electron chi connectivity index (χ0n) is 7.85. The first kappa shape index (κ1) is 9.92. The lowest BCUT2D eigenvalue weighted by molar-refractivity contribution is -0.139. The number of nitrogens with zero attached hydrogens (tertiary/aromatic N) is 1. The van der Waals surface area contributed by atoms with Crippen molar-refractivity contribution in [2.75, 3.05) is 24.6 Å². The fourth-order valence-corrected chi connectivity index (χ4v) is 3.67. The molecule has 2 N–H and O–H groups in total. The molecule has 1 unspecified atom stereocenters. The Morgan fingerprint density at radius 3 is 2.43 bits per heavy atom. The van der Waals surface area contributed by atoms with Crippen molar-refractivity contribution in [3.8, 4) is 0 Å². The average molecular weight is 218 g/mol. The Bertz CT molecular complexity index is 346. The summed E-state index contributed by atoms with van der Waals surface area (Å²) in [7, 11) is -2.95. The lowest BCUT2D eigenvalue weighted by Gasteiger charge is -2.38. The third kappa shape index (κ3) is 1.76. The maximum Gasteiger partial charge on any atom is 0.226 e. The molecule has 2 aliphatic heterocycles. The average Bonchev–Trinajstić information content (AvgIpc) is 2.39. The molecular formula is C8H14N2O3S. The predicted molar refractivity (Wildman–Crippen MR) is 51.3 cm³/mol. The highest BCUT2D eigenvalue weighted by Gasteiger charge is 2.38. The fraction of sp³-hybridized carbons (Fsp3) is 0.875. The maximum atomic E-state index is 11.7. The van der Waals surface area contributed by atoms with Gasteiger partial charge in [0.1, 0.15) is 0 Å². The summed E-state index contributed by atoms with van der Waals surface area (Å²) in [5.74, 6) is -0.166. The summed E-state index contributed by atoms with van der Waals surface area (Å²) in [6, 6.07) is 0.0805. The Hall–Kier alpha value is -0.620. The van der Waals surface area contributed by atoms with Crippen molar-refractivity contribution in [3.05, 3.63) is 0 Å². The van der Waals surface area contributed by atoms with Gasteiger partial charge in [-0.15, -0.1) is 0 Å². The molecule has 2 rings (SSSR count). The van der Waals surface area contributed by atoms with Gasteiger partial charge in [0.2, 0.25) is 5.91 Å². The molecule has 0 bridgehead atoms. The Labute approximate surface area is 83.2 Å². The van der Waals surface area contributed by atoms with Crippen molar-refractivity contribution in [2.45, 2.75) is 12.5 Å². The van der Waals surface area contributed by atoms with E-state index < -0.39 is 9.84 Å². The van der Waals surface area contributed by atoms with Crippen molar-refractivity contribution in [3.63, 3.8) is 0 Å². The van der Waals surface area contributed by atoms with E-state index >= 15 is 0 Å². The van der Waals surface area contributed by atoms with Crippen LogP contribution in [-0.2, 0) is 14.6 Å². The first-order valence-electron chi connectivity index (χ1n) is 4.73. The summed E-state index contributed by atoms with van der Waals surface area (Å²) in [4.78, 5) is 13.3. The number of sulfone groups is 1. The van der Waals surface area contributed by atoms with E-state index in [2.05, 4.69) is 0 Å². The smallest absolute Gasteiger partial charge is 0.226 e. The van der Waals surface area contributed by atoms with Crippen LogP contribution >= 0.6 is 0 Å². The third-order valence-electron chi connectivity index (χ3n) is 2.80. The maximum absolute atomic E-state index is 11.7. The van der Waals surface area contributed by atoms with Gasteiger partial charge in [0.15, 0.2) is 9.84 Å². The standard InChI is InChI=1S/C8H14N2O3S/c9-7-3-10(4-7)8(11)6-1-2-14(12,13)5-6/h6-7H,1-5,9H2. The molecular weight excluding hydrogens is 204 g/mol. The number of nitrogens with two attached hydrogens (primary N) is 1. The second-order valence-corrected chi connectivity index (χ2v) is 6.33. The van der Waals surface area contributed by atoms with Crippen LogP contribution in [0.4, 0.5) is 0 Å². The zero-order chi connectivity index (χ0) is 10.3. The molecule has 0 spiro atoms. The van der Waals surface area contributed by atoms with E-state index in [1.807, 2.05) is 0 Å². The summed E-state index contributed by atoms with van der Waals surface area (Å²) >= 11 is 0. The molecule has 0 aromatic rings. The van der Waals surface area contributed by atoms with E-state index in [-0.39, 0.29) is 29.4 Å². The molecule has 0 saturated carbocycles. The molecule has 2 fully saturated rings. The van der Waals surface area contributed by atoms with Gasteiger partial charge >= 0.3 is 0 Å². The Morgan fingerprint density at radius 1 is 1.36 bits per heavy atom. The first-order chi connectivity index (χ1) is 6.48. The van der Waals surface area contributed by atoms with Gasteiger partial charge in [-0.2, -0.15) is 0 Å². The predicted octanol–water partition coefficient (Wildman–Crippen LogP) is -1.41. The van der Waals surface area contributed by atoms with Crippen molar-refractivity contribution in [1.29, 1.82) is 0 Å². The number of hydrogen-bond donors (Lipinski definition) is 1. The molecule has 0 aliphatic carbocycles. The van der Waals surface area contributed by atoms with Gasteiger partial charge in [0.25, 0.3) is 0 Å². The number of hydrogen-bond acceptors (Lipinski definition) is 4. The van der Waals surface area contributed by atoms with Gasteiger partial charge in [-0.25, -0.2) is 8.42 Å². The fourth-order valence-electron chi connectivity index (χ4n) is 1.94. The SMILES string of the molecule is NC1CN(C(=O)C2CCS(=O)(=O)C2)C1. The van der Waals surface area contributed by atoms with E-state index in [4.69, 9.17) is 5.73 Å². The molecule has 1 atom stereocenters. The first-order valence-corrected chi connectivity index (χ1v) is 6.55. The van der Waals surface area contributed by atoms with Gasteiger partial charge in [0.05, 0.1) is 17.4 Å². The Kier molecular flexibility index (Phi) is 2.27. The summed E-state index contributed by atoms with van der Waals surface area (Å²) in [5, 5.41) is 0. The van der Waals surface area contributed by atoms with Crippen LogP contribution in [0.15, 0.2) is 0 Å². The van der Waals surface area contributed by atoms with Crippen LogP contribution in [0.25, 0.3) is 0 Å². The van der Waals surface area contributed by atoms with E-state index in [9.17, 15) is 13.2 Å². The molecule has 5 nitrogen and oxygen atoms in total. The summed E-state index contributed by atoms with van der Waals surface area (Å²) in [6.45, 7) is 1.16. The largest absolute Gasteiger partial charge is 0.339 e. The van der Waals surface area contributed by atoms with Crippen LogP contribution in [0.2, 0.25) is 0 Å². The van der Waals surface area contributed by atoms with Crippen LogP contribution in [0.5, 0.6) is 0 Å². The summed E-state index contributed by atoms with van der Waals surface area (Å²) < 4.78 is 22.3. The molecule has 80 valence electrons. The highest BCUT2D eigenvalue weighted by Crippen LogP contribution is 2.22. The number of likely N-dealkylation sites (tertiary alicyclic amines) is 1. The number of amides is 1. The number of carbonyl (C=O) groups is 1. The summed E-state index contributed by atoms with van der Waals surface area (Å²) in [5.41, 5.74) is 5.55. The summed E-state index contributed by atoms with van der Waals surface area (Å²) in [6.07, 6.45) is 0.479. The molecule has 1 amide bonds. The van der Waals surface area contributed by atoms with E-state index in [1.165, 1.54) is 0 Å². The molecule has 14 heavy (non-hydrogen) atoms. The molecule has 6 heteroatoms. The van der Waals surface area contributed by atoms with Crippen LogP contribution in [0, 0.1) is 5.92 Å². The molecule has 2 saturated heterocycles. The van der Waals surface area contributed by atoms with Gasteiger partial charge in [-0.05, 0) is 6.42 Å². The lowest BCUT2D eigenvalue weighted by Crippen LogP contribution is -2.59. The lowest BCUT2D eigenvalue weighted by atomic mass is 10.0. The van der Waals surface area contributed by atoms with E-state index in [1.54, 1.807) is 4.90 Å². The number of rotatable bonds is 1. The normalized spacial score (nSPS) is 31.5. The minimum absolute atomic E-state index is 0.0254. The van der Waals surface area contributed by atoms with Gasteiger partial charge in [-0.1, -0.05) is 0 Å². The molecule has 0 aromatic heterocycles. The van der Waals surface area contributed by atoms with Crippen molar-refractivity contribution < 1.29 is 13.2 Å².